The topological polar surface area (TPSA) is 161 Å². The first-order valence-corrected chi connectivity index (χ1v) is 7.29. The van der Waals surface area contributed by atoms with E-state index in [-0.39, 0.29) is 22.4 Å². The largest absolute Gasteiger partial charge is 5.00 e. The van der Waals surface area contributed by atoms with Crippen LogP contribution in [0.5, 0.6) is 0 Å². The molecule has 0 aliphatic carbocycles. The van der Waals surface area contributed by atoms with Gasteiger partial charge in [0, 0.05) is 35.5 Å². The summed E-state index contributed by atoms with van der Waals surface area (Å²) in [5.74, 6) is 0. The zero-order valence-electron chi connectivity index (χ0n) is 17.4. The summed E-state index contributed by atoms with van der Waals surface area (Å²) in [6.07, 6.45) is -4.33. The normalized spacial score (nSPS) is 14.4. The molecule has 160 valence electrons. The predicted octanol–water partition coefficient (Wildman–Crippen LogP) is -3.31. The van der Waals surface area contributed by atoms with Gasteiger partial charge in [0.25, 0.3) is 0 Å². The van der Waals surface area contributed by atoms with Crippen LogP contribution in [0.3, 0.4) is 0 Å². The summed E-state index contributed by atoms with van der Waals surface area (Å²) in [6.45, 7) is 7.22. The first kappa shape index (κ1) is 40.9. The van der Waals surface area contributed by atoms with E-state index < -0.39 is 31.5 Å². The van der Waals surface area contributed by atoms with Crippen molar-refractivity contribution in [1.82, 2.24) is 0 Å². The van der Waals surface area contributed by atoms with Gasteiger partial charge in [-0.25, -0.2) is 0 Å². The fourth-order valence-electron chi connectivity index (χ4n) is 0. The van der Waals surface area contributed by atoms with Gasteiger partial charge >= 0.3 is 22.4 Å². The van der Waals surface area contributed by atoms with Crippen LogP contribution in [-0.4, -0.2) is 67.0 Å². The second-order valence-electron chi connectivity index (χ2n) is 4.02. The molecule has 0 rings (SSSR count). The second-order valence-corrected chi connectivity index (χ2v) is 4.02. The van der Waals surface area contributed by atoms with Crippen LogP contribution in [-0.2, 0) is 46.1 Å². The van der Waals surface area contributed by atoms with E-state index in [2.05, 4.69) is 23.7 Å². The van der Waals surface area contributed by atoms with Gasteiger partial charge in [0.05, 0.1) is 0 Å². The van der Waals surface area contributed by atoms with E-state index in [1.165, 1.54) is 70.2 Å². The number of hydrogen-bond acceptors (Lipinski definition) is 10. The van der Waals surface area contributed by atoms with Crippen molar-refractivity contribution in [3.05, 3.63) is 0 Å². The molecule has 0 aromatic heterocycles. The van der Waals surface area contributed by atoms with E-state index in [1.807, 2.05) is 0 Å². The molecule has 0 fully saturated rings. The Morgan fingerprint density at radius 1 is 0.385 bits per heavy atom. The zero-order valence-corrected chi connectivity index (χ0v) is 19.6. The molecule has 0 aliphatic rings. The van der Waals surface area contributed by atoms with Gasteiger partial charge in [-0.2, -0.15) is 0 Å². The Kier molecular flexibility index (Phi) is 57.1. The first-order valence-electron chi connectivity index (χ1n) is 7.29. The zero-order chi connectivity index (χ0) is 21.4. The Morgan fingerprint density at radius 3 is 0.423 bits per heavy atom. The van der Waals surface area contributed by atoms with Gasteiger partial charge in [0.15, 0.2) is 0 Å². The fourth-order valence-corrected chi connectivity index (χ4v) is 0. The summed E-state index contributed by atoms with van der Waals surface area (Å²) in [7, 11) is 6.93. The summed E-state index contributed by atoms with van der Waals surface area (Å²) < 4.78 is 21.0. The van der Waals surface area contributed by atoms with Gasteiger partial charge in [-0.3, -0.25) is 0 Å². The summed E-state index contributed by atoms with van der Waals surface area (Å²) in [5, 5.41) is 48.4. The maximum atomic E-state index is 9.67. The monoisotopic (exact) mass is 468 g/mol. The van der Waals surface area contributed by atoms with Gasteiger partial charge in [0.2, 0.25) is 0 Å². The van der Waals surface area contributed by atoms with E-state index >= 15 is 0 Å². The van der Waals surface area contributed by atoms with Crippen molar-refractivity contribution in [3.8, 4) is 0 Å². The Bertz CT molecular complexity index is 147. The van der Waals surface area contributed by atoms with Gasteiger partial charge in [-0.1, -0.05) is 34.6 Å². The third-order valence-corrected chi connectivity index (χ3v) is 1.66. The van der Waals surface area contributed by atoms with E-state index in [4.69, 9.17) is 0 Å². The molecule has 0 spiro atoms. The van der Waals surface area contributed by atoms with Crippen LogP contribution in [0.15, 0.2) is 0 Å². The number of methoxy groups -OCH3 is 5. The van der Waals surface area contributed by atoms with Crippen LogP contribution in [0.25, 0.3) is 0 Å². The molecule has 0 saturated carbocycles. The minimum Gasteiger partial charge on any atom is -0.831 e. The number of hydrogen-bond donors (Lipinski definition) is 0. The third-order valence-electron chi connectivity index (χ3n) is 1.66. The number of rotatable bonds is 5. The molecule has 0 amide bonds. The minimum atomic E-state index is -0.866. The Labute approximate surface area is 173 Å². The van der Waals surface area contributed by atoms with Crippen molar-refractivity contribution in [2.24, 2.45) is 0 Å². The number of ether oxygens (including phenoxy) is 5. The summed E-state index contributed by atoms with van der Waals surface area (Å²) in [5.41, 5.74) is 0. The van der Waals surface area contributed by atoms with Crippen molar-refractivity contribution in [1.29, 1.82) is 0 Å². The summed E-state index contributed by atoms with van der Waals surface area (Å²) in [4.78, 5) is 0. The average Bonchev–Trinajstić information content (AvgIpc) is 2.56. The molecule has 0 radical (unpaired) electrons. The molecular formula is C15H35NbO10. The smallest absolute Gasteiger partial charge is 0.831 e. The molecule has 0 bridgehead atoms. The van der Waals surface area contributed by atoms with Gasteiger partial charge < -0.3 is 49.2 Å². The van der Waals surface area contributed by atoms with Crippen molar-refractivity contribution >= 4 is 0 Å². The van der Waals surface area contributed by atoms with Crippen LogP contribution >= 0.6 is 0 Å². The van der Waals surface area contributed by atoms with Crippen LogP contribution in [0, 0.1) is 0 Å². The summed E-state index contributed by atoms with van der Waals surface area (Å²) >= 11 is 0. The first-order chi connectivity index (χ1) is 11.4. The molecule has 5 unspecified atom stereocenters. The van der Waals surface area contributed by atoms with Gasteiger partial charge in [-0.05, 0) is 31.5 Å². The third kappa shape index (κ3) is 124. The minimum absolute atomic E-state index is 0. The molecule has 11 heteroatoms. The maximum absolute atomic E-state index is 9.67. The van der Waals surface area contributed by atoms with Crippen molar-refractivity contribution in [3.63, 3.8) is 0 Å². The van der Waals surface area contributed by atoms with Crippen molar-refractivity contribution in [2.75, 3.05) is 35.5 Å². The molecule has 26 heavy (non-hydrogen) atoms. The molecule has 0 heterocycles. The summed E-state index contributed by atoms with van der Waals surface area (Å²) in [6, 6.07) is 0. The molecule has 0 N–H and O–H groups in total. The maximum Gasteiger partial charge on any atom is 5.00 e. The van der Waals surface area contributed by atoms with Crippen LogP contribution in [0.4, 0.5) is 0 Å². The van der Waals surface area contributed by atoms with Crippen LogP contribution in [0.2, 0.25) is 0 Å². The SMILES string of the molecule is COC(C)[O-].COC(C)[O-].COC(C)[O-].COC(C)[O-].COC(C)[O-].[Nb+5]. The molecule has 0 aromatic rings. The fraction of sp³-hybridized carbons (Fsp3) is 1.00. The van der Waals surface area contributed by atoms with Gasteiger partial charge in [-0.15, -0.1) is 0 Å². The predicted molar refractivity (Wildman–Crippen MR) is 82.4 cm³/mol. The van der Waals surface area contributed by atoms with Crippen molar-refractivity contribution < 1.29 is 71.6 Å². The Hall–Kier alpha value is 0.340. The Morgan fingerprint density at radius 2 is 0.423 bits per heavy atom. The van der Waals surface area contributed by atoms with E-state index in [0.717, 1.165) is 0 Å². The molecule has 0 aromatic carbocycles. The average molecular weight is 468 g/mol. The second kappa shape index (κ2) is 36.3. The Balaban J connectivity index is -0.0000000476. The molecule has 10 nitrogen and oxygen atoms in total. The van der Waals surface area contributed by atoms with Crippen LogP contribution < -0.4 is 25.5 Å². The molecule has 0 aliphatic heterocycles. The quantitative estimate of drug-likeness (QED) is 0.295. The molecule has 5 atom stereocenters. The van der Waals surface area contributed by atoms with Crippen molar-refractivity contribution in [2.45, 2.75) is 66.1 Å². The van der Waals surface area contributed by atoms with E-state index in [1.54, 1.807) is 0 Å². The molecular weight excluding hydrogens is 433 g/mol. The molecule has 0 saturated heterocycles. The van der Waals surface area contributed by atoms with Crippen LogP contribution in [0.1, 0.15) is 34.6 Å². The van der Waals surface area contributed by atoms with E-state index in [9.17, 15) is 25.5 Å². The van der Waals surface area contributed by atoms with Gasteiger partial charge in [0.1, 0.15) is 0 Å². The standard InChI is InChI=1S/5C3H7O2.Nb/c5*1-3(4)5-2;/h5*3H,1-2H3;/q5*-1;+5. The van der Waals surface area contributed by atoms with E-state index in [0.29, 0.717) is 0 Å².